The molecule has 4 nitrogen and oxygen atoms in total. The highest BCUT2D eigenvalue weighted by atomic mass is 19.4. The number of hydrogen-bond donors (Lipinski definition) is 1. The molecule has 0 radical (unpaired) electrons. The third kappa shape index (κ3) is 3.78. The fraction of sp³-hybridized carbons (Fsp3) is 0.409. The Morgan fingerprint density at radius 3 is 2.59 bits per heavy atom. The molecule has 29 heavy (non-hydrogen) atoms. The van der Waals surface area contributed by atoms with Crippen LogP contribution < -0.4 is 15.1 Å². The van der Waals surface area contributed by atoms with Gasteiger partial charge in [0.05, 0.1) is 17.5 Å². The fourth-order valence-corrected chi connectivity index (χ4v) is 4.48. The number of rotatable bonds is 3. The topological polar surface area (TPSA) is 35.6 Å². The van der Waals surface area contributed by atoms with Gasteiger partial charge in [-0.05, 0) is 49.2 Å². The molecular weight excluding hydrogens is 379 g/mol. The maximum Gasteiger partial charge on any atom is 0.416 e. The molecule has 0 aliphatic carbocycles. The average Bonchev–Trinajstić information content (AvgIpc) is 2.72. The highest BCUT2D eigenvalue weighted by Crippen LogP contribution is 2.40. The molecule has 1 saturated heterocycles. The lowest BCUT2D eigenvalue weighted by molar-refractivity contribution is -0.137. The predicted octanol–water partition coefficient (Wildman–Crippen LogP) is 3.71. The molecule has 2 aromatic carbocycles. The van der Waals surface area contributed by atoms with Crippen molar-refractivity contribution in [3.05, 3.63) is 59.7 Å². The standard InChI is InChI=1S/C22H24F3N3O/c1-2-26-21(29)18-13-15-12-16(22(23,24)25)8-9-19(15)28-11-10-27(14-20(18)28)17-6-4-3-5-7-17/h3-9,12,18,20H,2,10-11,13-14H2,1H3,(H,26,29)/t18-,20-/m0/s1. The van der Waals surface area contributed by atoms with E-state index in [4.69, 9.17) is 0 Å². The number of nitrogens with one attached hydrogen (secondary N) is 1. The van der Waals surface area contributed by atoms with Crippen molar-refractivity contribution in [3.63, 3.8) is 0 Å². The summed E-state index contributed by atoms with van der Waals surface area (Å²) in [6.45, 7) is 4.43. The van der Waals surface area contributed by atoms with Crippen molar-refractivity contribution >= 4 is 17.3 Å². The van der Waals surface area contributed by atoms with E-state index in [1.807, 2.05) is 37.3 Å². The van der Waals surface area contributed by atoms with Crippen LogP contribution in [0.15, 0.2) is 48.5 Å². The number of fused-ring (bicyclic) bond motifs is 3. The van der Waals surface area contributed by atoms with Crippen molar-refractivity contribution in [2.24, 2.45) is 5.92 Å². The normalized spacial score (nSPS) is 21.4. The van der Waals surface area contributed by atoms with Gasteiger partial charge in [0.2, 0.25) is 5.91 Å². The molecule has 154 valence electrons. The van der Waals surface area contributed by atoms with Gasteiger partial charge >= 0.3 is 6.18 Å². The molecular formula is C22H24F3N3O. The molecule has 0 saturated carbocycles. The summed E-state index contributed by atoms with van der Waals surface area (Å²) in [6, 6.07) is 13.9. The lowest BCUT2D eigenvalue weighted by atomic mass is 9.82. The first-order chi connectivity index (χ1) is 13.9. The van der Waals surface area contributed by atoms with Gasteiger partial charge in [0.15, 0.2) is 0 Å². The molecule has 0 bridgehead atoms. The number of carbonyl (C=O) groups is 1. The first-order valence-electron chi connectivity index (χ1n) is 9.93. The minimum atomic E-state index is -4.39. The van der Waals surface area contributed by atoms with Gasteiger partial charge in [0.1, 0.15) is 0 Å². The summed E-state index contributed by atoms with van der Waals surface area (Å²) >= 11 is 0. The van der Waals surface area contributed by atoms with E-state index in [0.29, 0.717) is 31.6 Å². The van der Waals surface area contributed by atoms with Crippen molar-refractivity contribution in [3.8, 4) is 0 Å². The van der Waals surface area contributed by atoms with E-state index in [2.05, 4.69) is 15.1 Å². The first kappa shape index (κ1) is 19.6. The molecule has 2 heterocycles. The zero-order valence-corrected chi connectivity index (χ0v) is 16.2. The molecule has 1 N–H and O–H groups in total. The van der Waals surface area contributed by atoms with Crippen LogP contribution in [0.3, 0.4) is 0 Å². The number of amides is 1. The van der Waals surface area contributed by atoms with Gasteiger partial charge in [-0.2, -0.15) is 13.2 Å². The number of alkyl halides is 3. The van der Waals surface area contributed by atoms with Crippen LogP contribution in [-0.2, 0) is 17.4 Å². The van der Waals surface area contributed by atoms with Gasteiger partial charge in [-0.15, -0.1) is 0 Å². The lowest BCUT2D eigenvalue weighted by Crippen LogP contribution is -2.61. The number of anilines is 2. The van der Waals surface area contributed by atoms with Crippen molar-refractivity contribution < 1.29 is 18.0 Å². The van der Waals surface area contributed by atoms with Crippen molar-refractivity contribution in [1.82, 2.24) is 5.32 Å². The van der Waals surface area contributed by atoms with Gasteiger partial charge < -0.3 is 15.1 Å². The second-order valence-electron chi connectivity index (χ2n) is 7.59. The first-order valence-corrected chi connectivity index (χ1v) is 9.93. The maximum absolute atomic E-state index is 13.2. The average molecular weight is 403 g/mol. The van der Waals surface area contributed by atoms with E-state index in [1.54, 1.807) is 6.07 Å². The van der Waals surface area contributed by atoms with Crippen molar-refractivity contribution in [2.75, 3.05) is 36.0 Å². The second-order valence-corrected chi connectivity index (χ2v) is 7.59. The lowest BCUT2D eigenvalue weighted by Gasteiger charge is -2.49. The molecule has 0 aromatic heterocycles. The van der Waals surface area contributed by atoms with E-state index in [-0.39, 0.29) is 11.9 Å². The third-order valence-corrected chi connectivity index (χ3v) is 5.85. The van der Waals surface area contributed by atoms with Crippen LogP contribution in [0.5, 0.6) is 0 Å². The zero-order valence-electron chi connectivity index (χ0n) is 16.2. The molecule has 2 aliphatic rings. The maximum atomic E-state index is 13.2. The van der Waals surface area contributed by atoms with E-state index in [1.165, 1.54) is 6.07 Å². The number of piperazine rings is 1. The number of halogens is 3. The number of carbonyl (C=O) groups excluding carboxylic acids is 1. The van der Waals surface area contributed by atoms with Crippen LogP contribution >= 0.6 is 0 Å². The van der Waals surface area contributed by atoms with Crippen LogP contribution in [0, 0.1) is 5.92 Å². The van der Waals surface area contributed by atoms with Gasteiger partial charge in [0.25, 0.3) is 0 Å². The summed E-state index contributed by atoms with van der Waals surface area (Å²) in [7, 11) is 0. The molecule has 2 atom stereocenters. The Hall–Kier alpha value is -2.70. The highest BCUT2D eigenvalue weighted by molar-refractivity contribution is 5.82. The molecule has 2 aromatic rings. The highest BCUT2D eigenvalue weighted by Gasteiger charge is 2.42. The molecule has 4 rings (SSSR count). The zero-order chi connectivity index (χ0) is 20.6. The van der Waals surface area contributed by atoms with E-state index in [0.717, 1.165) is 24.0 Å². The third-order valence-electron chi connectivity index (χ3n) is 5.85. The minimum absolute atomic E-state index is 0.0836. The molecule has 0 spiro atoms. The number of hydrogen-bond acceptors (Lipinski definition) is 3. The van der Waals surface area contributed by atoms with Gasteiger partial charge in [-0.25, -0.2) is 0 Å². The fourth-order valence-electron chi connectivity index (χ4n) is 4.48. The van der Waals surface area contributed by atoms with E-state index < -0.39 is 17.7 Å². The summed E-state index contributed by atoms with van der Waals surface area (Å²) in [6.07, 6.45) is -4.08. The van der Waals surface area contributed by atoms with Crippen LogP contribution in [0.25, 0.3) is 0 Å². The Morgan fingerprint density at radius 1 is 1.14 bits per heavy atom. The number of benzene rings is 2. The summed E-state index contributed by atoms with van der Waals surface area (Å²) < 4.78 is 39.6. The Bertz CT molecular complexity index is 885. The van der Waals surface area contributed by atoms with Gasteiger partial charge in [0, 0.05) is 37.6 Å². The van der Waals surface area contributed by atoms with E-state index >= 15 is 0 Å². The van der Waals surface area contributed by atoms with Crippen LogP contribution in [0.1, 0.15) is 18.1 Å². The Labute approximate surface area is 168 Å². The monoisotopic (exact) mass is 403 g/mol. The summed E-state index contributed by atoms with van der Waals surface area (Å²) in [5.74, 6) is -0.488. The summed E-state index contributed by atoms with van der Waals surface area (Å²) in [4.78, 5) is 17.2. The molecule has 0 unspecified atom stereocenters. The quantitative estimate of drug-likeness (QED) is 0.849. The molecule has 1 amide bonds. The van der Waals surface area contributed by atoms with Crippen LogP contribution in [0.4, 0.5) is 24.5 Å². The van der Waals surface area contributed by atoms with Gasteiger partial charge in [-0.1, -0.05) is 18.2 Å². The Balaban J connectivity index is 1.69. The predicted molar refractivity (Wildman–Crippen MR) is 107 cm³/mol. The largest absolute Gasteiger partial charge is 0.416 e. The van der Waals surface area contributed by atoms with Gasteiger partial charge in [-0.3, -0.25) is 4.79 Å². The van der Waals surface area contributed by atoms with Crippen molar-refractivity contribution in [1.29, 1.82) is 0 Å². The summed E-state index contributed by atoms with van der Waals surface area (Å²) in [5, 5.41) is 2.87. The van der Waals surface area contributed by atoms with E-state index in [9.17, 15) is 18.0 Å². The smallest absolute Gasteiger partial charge is 0.368 e. The molecule has 7 heteroatoms. The van der Waals surface area contributed by atoms with Crippen LogP contribution in [0.2, 0.25) is 0 Å². The summed E-state index contributed by atoms with van der Waals surface area (Å²) in [5.41, 5.74) is 1.85. The second kappa shape index (κ2) is 7.61. The number of para-hydroxylation sites is 1. The SMILES string of the molecule is CCNC(=O)[C@H]1Cc2cc(C(F)(F)F)ccc2N2CCN(c3ccccc3)C[C@@H]12. The Kier molecular flexibility index (Phi) is 5.15. The molecule has 1 fully saturated rings. The van der Waals surface area contributed by atoms with Crippen LogP contribution in [-0.4, -0.2) is 38.1 Å². The number of nitrogens with zero attached hydrogens (tertiary/aromatic N) is 2. The van der Waals surface area contributed by atoms with Crippen molar-refractivity contribution in [2.45, 2.75) is 25.6 Å². The Morgan fingerprint density at radius 2 is 1.90 bits per heavy atom. The minimum Gasteiger partial charge on any atom is -0.368 e. The molecule has 2 aliphatic heterocycles.